The van der Waals surface area contributed by atoms with Crippen LogP contribution in [0.1, 0.15) is 23.7 Å². The predicted molar refractivity (Wildman–Crippen MR) is 59.3 cm³/mol. The van der Waals surface area contributed by atoms with Crippen LogP contribution in [-0.4, -0.2) is 29.2 Å². The van der Waals surface area contributed by atoms with Crippen LogP contribution >= 0.6 is 11.8 Å². The fraction of sp³-hybridized carbons (Fsp3) is 0.455. The second-order valence-electron chi connectivity index (χ2n) is 3.61. The maximum Gasteiger partial charge on any atom is 0.179 e. The fourth-order valence-corrected chi connectivity index (χ4v) is 2.87. The van der Waals surface area contributed by atoms with E-state index in [0.717, 1.165) is 17.0 Å². The van der Waals surface area contributed by atoms with Gasteiger partial charge in [-0.05, 0) is 25.5 Å². The average molecular weight is 223 g/mol. The van der Waals surface area contributed by atoms with Gasteiger partial charge in [-0.15, -0.1) is 0 Å². The monoisotopic (exact) mass is 223 g/mol. The van der Waals surface area contributed by atoms with Crippen LogP contribution < -0.4 is 0 Å². The van der Waals surface area contributed by atoms with E-state index in [4.69, 9.17) is 4.74 Å². The number of Topliss-reactive ketones (excluding diaryl/α,β-unsaturated/α-hetero) is 1. The van der Waals surface area contributed by atoms with Crippen molar-refractivity contribution >= 4 is 17.5 Å². The number of methoxy groups -OCH3 is 1. The maximum atomic E-state index is 11.9. The van der Waals surface area contributed by atoms with E-state index in [2.05, 4.69) is 4.98 Å². The van der Waals surface area contributed by atoms with E-state index in [1.54, 1.807) is 31.1 Å². The van der Waals surface area contributed by atoms with Crippen molar-refractivity contribution in [2.24, 2.45) is 0 Å². The SMILES string of the molecule is COC(C)CC1Sc2ncccc2C1=O. The quantitative estimate of drug-likeness (QED) is 0.787. The summed E-state index contributed by atoms with van der Waals surface area (Å²) in [7, 11) is 1.67. The normalized spacial score (nSPS) is 21.5. The minimum absolute atomic E-state index is 0.0233. The van der Waals surface area contributed by atoms with Crippen molar-refractivity contribution in [2.75, 3.05) is 7.11 Å². The van der Waals surface area contributed by atoms with Gasteiger partial charge >= 0.3 is 0 Å². The number of carbonyl (C=O) groups excluding carboxylic acids is 1. The topological polar surface area (TPSA) is 39.2 Å². The van der Waals surface area contributed by atoms with E-state index in [1.807, 2.05) is 13.0 Å². The first-order valence-corrected chi connectivity index (χ1v) is 5.79. The Kier molecular flexibility index (Phi) is 3.07. The highest BCUT2D eigenvalue weighted by Crippen LogP contribution is 2.37. The van der Waals surface area contributed by atoms with E-state index >= 15 is 0 Å². The molecule has 2 unspecified atom stereocenters. The third-order valence-corrected chi connectivity index (χ3v) is 3.77. The Morgan fingerprint density at radius 3 is 3.13 bits per heavy atom. The lowest BCUT2D eigenvalue weighted by Crippen LogP contribution is -2.19. The first-order chi connectivity index (χ1) is 7.22. The second-order valence-corrected chi connectivity index (χ2v) is 4.80. The molecule has 0 saturated heterocycles. The largest absolute Gasteiger partial charge is 0.382 e. The standard InChI is InChI=1S/C11H13NO2S/c1-7(14-2)6-9-10(13)8-4-3-5-12-11(8)15-9/h3-5,7,9H,6H2,1-2H3. The molecular weight excluding hydrogens is 210 g/mol. The number of carbonyl (C=O) groups is 1. The number of hydrogen-bond donors (Lipinski definition) is 0. The van der Waals surface area contributed by atoms with Gasteiger partial charge in [0, 0.05) is 13.3 Å². The number of ketones is 1. The summed E-state index contributed by atoms with van der Waals surface area (Å²) < 4.78 is 5.17. The minimum Gasteiger partial charge on any atom is -0.382 e. The van der Waals surface area contributed by atoms with E-state index < -0.39 is 0 Å². The van der Waals surface area contributed by atoms with Crippen molar-refractivity contribution in [1.82, 2.24) is 4.98 Å². The van der Waals surface area contributed by atoms with Gasteiger partial charge in [-0.25, -0.2) is 4.98 Å². The highest BCUT2D eigenvalue weighted by atomic mass is 32.2. The van der Waals surface area contributed by atoms with Crippen LogP contribution in [0.15, 0.2) is 23.4 Å². The molecule has 0 aliphatic carbocycles. The van der Waals surface area contributed by atoms with Gasteiger partial charge in [-0.2, -0.15) is 0 Å². The lowest BCUT2D eigenvalue weighted by molar-refractivity contribution is 0.0895. The number of aromatic nitrogens is 1. The Morgan fingerprint density at radius 2 is 2.47 bits per heavy atom. The molecule has 2 atom stereocenters. The van der Waals surface area contributed by atoms with Crippen molar-refractivity contribution in [2.45, 2.75) is 29.7 Å². The third kappa shape index (κ3) is 2.06. The zero-order valence-electron chi connectivity index (χ0n) is 8.77. The molecule has 3 nitrogen and oxygen atoms in total. The van der Waals surface area contributed by atoms with Crippen LogP contribution in [0, 0.1) is 0 Å². The van der Waals surface area contributed by atoms with Gasteiger partial charge in [0.25, 0.3) is 0 Å². The Morgan fingerprint density at radius 1 is 1.67 bits per heavy atom. The minimum atomic E-state index is -0.0233. The van der Waals surface area contributed by atoms with E-state index in [9.17, 15) is 4.79 Å². The molecule has 1 aromatic heterocycles. The fourth-order valence-electron chi connectivity index (χ4n) is 1.59. The molecule has 0 aromatic carbocycles. The van der Waals surface area contributed by atoms with Crippen molar-refractivity contribution in [3.63, 3.8) is 0 Å². The molecule has 1 aliphatic heterocycles. The molecule has 0 bridgehead atoms. The zero-order valence-corrected chi connectivity index (χ0v) is 9.58. The molecule has 2 rings (SSSR count). The van der Waals surface area contributed by atoms with Crippen LogP contribution in [0.25, 0.3) is 0 Å². The molecule has 0 N–H and O–H groups in total. The smallest absolute Gasteiger partial charge is 0.179 e. The van der Waals surface area contributed by atoms with E-state index in [-0.39, 0.29) is 17.1 Å². The second kappa shape index (κ2) is 4.33. The van der Waals surface area contributed by atoms with Crippen LogP contribution in [0.3, 0.4) is 0 Å². The summed E-state index contributed by atoms with van der Waals surface area (Å²) in [5.74, 6) is 0.187. The van der Waals surface area contributed by atoms with Gasteiger partial charge in [0.1, 0.15) is 5.03 Å². The number of nitrogens with zero attached hydrogens (tertiary/aromatic N) is 1. The molecule has 0 radical (unpaired) electrons. The summed E-state index contributed by atoms with van der Waals surface area (Å²) in [5, 5.41) is 0.834. The Bertz CT molecular complexity index is 381. The Balaban J connectivity index is 2.13. The number of pyridine rings is 1. The van der Waals surface area contributed by atoms with Crippen molar-refractivity contribution in [1.29, 1.82) is 0 Å². The first kappa shape index (κ1) is 10.6. The number of hydrogen-bond acceptors (Lipinski definition) is 4. The van der Waals surface area contributed by atoms with Gasteiger partial charge < -0.3 is 4.74 Å². The summed E-state index contributed by atoms with van der Waals surface area (Å²) in [4.78, 5) is 16.1. The van der Waals surface area contributed by atoms with E-state index in [0.29, 0.717) is 0 Å². The highest BCUT2D eigenvalue weighted by Gasteiger charge is 2.32. The number of ether oxygens (including phenoxy) is 1. The molecule has 1 aliphatic rings. The lowest BCUT2D eigenvalue weighted by Gasteiger charge is -2.12. The van der Waals surface area contributed by atoms with Crippen LogP contribution in [0.4, 0.5) is 0 Å². The number of rotatable bonds is 3. The van der Waals surface area contributed by atoms with Crippen molar-refractivity contribution < 1.29 is 9.53 Å². The molecule has 0 saturated carbocycles. The Labute approximate surface area is 93.2 Å². The zero-order chi connectivity index (χ0) is 10.8. The lowest BCUT2D eigenvalue weighted by atomic mass is 10.1. The average Bonchev–Trinajstić information content (AvgIpc) is 2.57. The summed E-state index contributed by atoms with van der Waals surface area (Å²) in [6.07, 6.45) is 2.58. The molecular formula is C11H13NO2S. The number of fused-ring (bicyclic) bond motifs is 1. The summed E-state index contributed by atoms with van der Waals surface area (Å²) in [5.41, 5.74) is 0.760. The Hall–Kier alpha value is -0.870. The predicted octanol–water partition coefficient (Wildman–Crippen LogP) is 2.16. The first-order valence-electron chi connectivity index (χ1n) is 4.91. The molecule has 80 valence electrons. The van der Waals surface area contributed by atoms with Gasteiger partial charge in [0.15, 0.2) is 5.78 Å². The van der Waals surface area contributed by atoms with Gasteiger partial charge in [0.2, 0.25) is 0 Å². The number of thioether (sulfide) groups is 1. The molecule has 0 spiro atoms. The van der Waals surface area contributed by atoms with Crippen LogP contribution in [0.5, 0.6) is 0 Å². The van der Waals surface area contributed by atoms with E-state index in [1.165, 1.54) is 0 Å². The molecule has 0 fully saturated rings. The third-order valence-electron chi connectivity index (χ3n) is 2.53. The molecule has 2 heterocycles. The summed E-state index contributed by atoms with van der Waals surface area (Å²) in [6.45, 7) is 1.98. The van der Waals surface area contributed by atoms with Crippen molar-refractivity contribution in [3.8, 4) is 0 Å². The molecule has 1 aromatic rings. The maximum absolute atomic E-state index is 11.9. The van der Waals surface area contributed by atoms with Crippen LogP contribution in [-0.2, 0) is 4.74 Å². The van der Waals surface area contributed by atoms with Crippen LogP contribution in [0.2, 0.25) is 0 Å². The summed E-state index contributed by atoms with van der Waals surface area (Å²) in [6, 6.07) is 3.65. The molecule has 4 heteroatoms. The molecule has 0 amide bonds. The summed E-state index contributed by atoms with van der Waals surface area (Å²) >= 11 is 1.55. The molecule has 15 heavy (non-hydrogen) atoms. The van der Waals surface area contributed by atoms with Gasteiger partial charge in [-0.3, -0.25) is 4.79 Å². The van der Waals surface area contributed by atoms with Gasteiger partial charge in [-0.1, -0.05) is 11.8 Å². The van der Waals surface area contributed by atoms with Crippen molar-refractivity contribution in [3.05, 3.63) is 23.9 Å². The van der Waals surface area contributed by atoms with Gasteiger partial charge in [0.05, 0.1) is 16.9 Å². The highest BCUT2D eigenvalue weighted by molar-refractivity contribution is 8.01.